The molecular formula is C28H28SSn. The Hall–Kier alpha value is -1.97. The van der Waals surface area contributed by atoms with E-state index in [2.05, 4.69) is 133 Å². The van der Waals surface area contributed by atoms with E-state index in [9.17, 15) is 0 Å². The van der Waals surface area contributed by atoms with Crippen LogP contribution in [0.2, 0.25) is 0 Å². The topological polar surface area (TPSA) is 0 Å². The van der Waals surface area contributed by atoms with Gasteiger partial charge in [-0.1, -0.05) is 0 Å². The molecule has 0 fully saturated rings. The molecule has 0 aliphatic heterocycles. The van der Waals surface area contributed by atoms with Crippen molar-refractivity contribution in [3.8, 4) is 0 Å². The standard InChI is InChI=1S/C10H14S.3C6H5.Sn/c1-7-4-8(2)10(6-11)9(3)5-7;3*1-2-4-6-5-3-1;/h4-5,11H,6H2,1-3H3;3*1-5H;/q;;;;+1/p-1. The molecule has 0 atom stereocenters. The fourth-order valence-corrected chi connectivity index (χ4v) is 24.3. The van der Waals surface area contributed by atoms with Crippen LogP contribution in [0.1, 0.15) is 22.3 Å². The Morgan fingerprint density at radius 3 is 1.30 bits per heavy atom. The second-order valence-corrected chi connectivity index (χ2v) is 23.9. The summed E-state index contributed by atoms with van der Waals surface area (Å²) in [4.78, 5) is 0. The zero-order chi connectivity index (χ0) is 21.0. The van der Waals surface area contributed by atoms with Gasteiger partial charge in [-0.25, -0.2) is 0 Å². The number of hydrogen-bond acceptors (Lipinski definition) is 1. The molecule has 30 heavy (non-hydrogen) atoms. The molecule has 0 aromatic heterocycles. The van der Waals surface area contributed by atoms with Gasteiger partial charge in [0.25, 0.3) is 0 Å². The molecule has 150 valence electrons. The van der Waals surface area contributed by atoms with Crippen molar-refractivity contribution in [1.29, 1.82) is 0 Å². The van der Waals surface area contributed by atoms with Crippen LogP contribution in [0.3, 0.4) is 0 Å². The first-order chi connectivity index (χ1) is 14.6. The van der Waals surface area contributed by atoms with Crippen LogP contribution in [0.25, 0.3) is 0 Å². The van der Waals surface area contributed by atoms with Gasteiger partial charge in [-0.15, -0.1) is 0 Å². The third-order valence-corrected chi connectivity index (χ3v) is 26.2. The van der Waals surface area contributed by atoms with E-state index in [-0.39, 0.29) is 0 Å². The number of aryl methyl sites for hydroxylation is 3. The Labute approximate surface area is 187 Å². The first kappa shape index (κ1) is 21.3. The van der Waals surface area contributed by atoms with Gasteiger partial charge in [-0.2, -0.15) is 0 Å². The molecule has 0 N–H and O–H groups in total. The van der Waals surface area contributed by atoms with E-state index in [1.807, 2.05) is 0 Å². The van der Waals surface area contributed by atoms with Gasteiger partial charge in [0.2, 0.25) is 0 Å². The molecule has 0 unspecified atom stereocenters. The Balaban J connectivity index is 1.89. The molecule has 0 saturated carbocycles. The first-order valence-corrected chi connectivity index (χ1v) is 19.2. The molecule has 0 heterocycles. The van der Waals surface area contributed by atoms with Gasteiger partial charge in [-0.3, -0.25) is 0 Å². The van der Waals surface area contributed by atoms with Crippen molar-refractivity contribution in [2.45, 2.75) is 26.5 Å². The molecule has 0 radical (unpaired) electrons. The van der Waals surface area contributed by atoms with Crippen molar-refractivity contribution in [3.05, 3.63) is 125 Å². The van der Waals surface area contributed by atoms with Gasteiger partial charge < -0.3 is 0 Å². The molecule has 0 bridgehead atoms. The average Bonchev–Trinajstić information content (AvgIpc) is 2.78. The van der Waals surface area contributed by atoms with E-state index >= 15 is 0 Å². The molecule has 0 nitrogen and oxygen atoms in total. The number of rotatable bonds is 6. The summed E-state index contributed by atoms with van der Waals surface area (Å²) in [6, 6.07) is 38.4. The van der Waals surface area contributed by atoms with Crippen LogP contribution in [-0.2, 0) is 5.75 Å². The van der Waals surface area contributed by atoms with E-state index in [4.69, 9.17) is 0 Å². The van der Waals surface area contributed by atoms with Crippen molar-refractivity contribution < 1.29 is 0 Å². The Kier molecular flexibility index (Phi) is 6.70. The van der Waals surface area contributed by atoms with Crippen molar-refractivity contribution in [3.63, 3.8) is 0 Å². The quantitative estimate of drug-likeness (QED) is 0.305. The monoisotopic (exact) mass is 516 g/mol. The van der Waals surface area contributed by atoms with Gasteiger partial charge in [-0.05, 0) is 0 Å². The van der Waals surface area contributed by atoms with Crippen LogP contribution in [0, 0.1) is 20.8 Å². The zero-order valence-corrected chi connectivity index (χ0v) is 21.6. The van der Waals surface area contributed by atoms with E-state index in [1.54, 1.807) is 0 Å². The molecule has 2 heteroatoms. The van der Waals surface area contributed by atoms with Gasteiger partial charge >= 0.3 is 189 Å². The molecular weight excluding hydrogens is 487 g/mol. The minimum absolute atomic E-state index is 1.05. The van der Waals surface area contributed by atoms with E-state index in [0.29, 0.717) is 0 Å². The minimum atomic E-state index is -3.26. The second kappa shape index (κ2) is 9.45. The van der Waals surface area contributed by atoms with Crippen LogP contribution in [0.4, 0.5) is 0 Å². The van der Waals surface area contributed by atoms with Gasteiger partial charge in [0.1, 0.15) is 0 Å². The molecule has 0 amide bonds. The Morgan fingerprint density at radius 2 is 0.933 bits per heavy atom. The van der Waals surface area contributed by atoms with Gasteiger partial charge in [0, 0.05) is 0 Å². The zero-order valence-electron chi connectivity index (χ0n) is 17.9. The van der Waals surface area contributed by atoms with Crippen molar-refractivity contribution in [2.75, 3.05) is 0 Å². The van der Waals surface area contributed by atoms with E-state index in [1.165, 1.54) is 33.0 Å². The van der Waals surface area contributed by atoms with Crippen molar-refractivity contribution >= 4 is 36.7 Å². The van der Waals surface area contributed by atoms with Crippen molar-refractivity contribution in [2.24, 2.45) is 0 Å². The van der Waals surface area contributed by atoms with Gasteiger partial charge in [0.05, 0.1) is 0 Å². The first-order valence-electron chi connectivity index (χ1n) is 10.5. The predicted octanol–water partition coefficient (Wildman–Crippen LogP) is 5.51. The maximum atomic E-state index is 2.36. The third kappa shape index (κ3) is 4.24. The molecule has 0 saturated heterocycles. The molecule has 4 aromatic rings. The average molecular weight is 515 g/mol. The van der Waals surface area contributed by atoms with Crippen molar-refractivity contribution in [1.82, 2.24) is 0 Å². The maximum absolute atomic E-state index is 3.26. The van der Waals surface area contributed by atoms with Gasteiger partial charge in [0.15, 0.2) is 0 Å². The summed E-state index contributed by atoms with van der Waals surface area (Å²) in [5.41, 5.74) is 5.67. The van der Waals surface area contributed by atoms with Crippen LogP contribution >= 0.6 is 8.95 Å². The molecule has 0 aliphatic carbocycles. The fourth-order valence-electron chi connectivity index (χ4n) is 4.39. The van der Waals surface area contributed by atoms with Crippen LogP contribution in [0.5, 0.6) is 0 Å². The summed E-state index contributed by atoms with van der Waals surface area (Å²) >= 11 is -3.26. The van der Waals surface area contributed by atoms with Crippen LogP contribution < -0.4 is 10.7 Å². The van der Waals surface area contributed by atoms with E-state index < -0.39 is 17.0 Å². The third-order valence-electron chi connectivity index (χ3n) is 5.81. The molecule has 4 aromatic carbocycles. The summed E-state index contributed by atoms with van der Waals surface area (Å²) < 4.78 is 4.57. The molecule has 0 spiro atoms. The normalized spacial score (nSPS) is 11.4. The van der Waals surface area contributed by atoms with Crippen LogP contribution in [0.15, 0.2) is 103 Å². The second-order valence-electron chi connectivity index (χ2n) is 7.95. The van der Waals surface area contributed by atoms with Crippen LogP contribution in [-0.4, -0.2) is 17.0 Å². The summed E-state index contributed by atoms with van der Waals surface area (Å²) in [6.45, 7) is 6.72. The number of hydrogen-bond donors (Lipinski definition) is 0. The number of benzene rings is 4. The summed E-state index contributed by atoms with van der Waals surface area (Å²) in [7, 11) is 2.23. The summed E-state index contributed by atoms with van der Waals surface area (Å²) in [6.07, 6.45) is 0. The summed E-state index contributed by atoms with van der Waals surface area (Å²) in [5.74, 6) is 1.05. The Morgan fingerprint density at radius 1 is 0.567 bits per heavy atom. The fraction of sp³-hybridized carbons (Fsp3) is 0.143. The molecule has 0 aliphatic rings. The SMILES string of the molecule is Cc1cc(C)c(C[S][Sn]([c]2ccccc2)([c]2ccccc2)[c]2ccccc2)c(C)c1. The molecule has 4 rings (SSSR count). The predicted molar refractivity (Wildman–Crippen MR) is 136 cm³/mol. The summed E-state index contributed by atoms with van der Waals surface area (Å²) in [5, 5.41) is 0. The van der Waals surface area contributed by atoms with E-state index in [0.717, 1.165) is 5.75 Å². The Bertz CT molecular complexity index is 986.